The molecule has 0 radical (unpaired) electrons. The molecule has 7 nitrogen and oxygen atoms in total. The van der Waals surface area contributed by atoms with E-state index in [1.807, 2.05) is 6.07 Å². The van der Waals surface area contributed by atoms with E-state index >= 15 is 0 Å². The Kier molecular flexibility index (Phi) is 5.67. The molecule has 126 valence electrons. The maximum absolute atomic E-state index is 12.3. The monoisotopic (exact) mass is 321 g/mol. The van der Waals surface area contributed by atoms with Crippen LogP contribution in [-0.4, -0.2) is 44.1 Å². The van der Waals surface area contributed by atoms with Crippen molar-refractivity contribution in [3.05, 3.63) is 23.8 Å². The van der Waals surface area contributed by atoms with Crippen molar-refractivity contribution >= 4 is 11.9 Å². The molecule has 0 aliphatic carbocycles. The van der Waals surface area contributed by atoms with Gasteiger partial charge in [0.15, 0.2) is 0 Å². The standard InChI is InChI=1S/C16H23N3O4/c1-22-13-5-6-14(23-2)12(8-13)9-18-15(20)11-4-3-7-19(10-11)16(17)21/h5-6,8,11H,3-4,7,9-10H2,1-2H3,(H2,17,21)(H,18,20)/t11-/m0/s1. The Balaban J connectivity index is 1.97. The number of urea groups is 1. The van der Waals surface area contributed by atoms with Crippen molar-refractivity contribution in [2.45, 2.75) is 19.4 Å². The molecule has 7 heteroatoms. The van der Waals surface area contributed by atoms with Crippen LogP contribution >= 0.6 is 0 Å². The molecule has 0 bridgehead atoms. The number of carbonyl (C=O) groups is 2. The molecule has 1 aliphatic heterocycles. The van der Waals surface area contributed by atoms with Crippen LogP contribution in [0.1, 0.15) is 18.4 Å². The number of hydrogen-bond acceptors (Lipinski definition) is 4. The highest BCUT2D eigenvalue weighted by Gasteiger charge is 2.27. The van der Waals surface area contributed by atoms with E-state index in [4.69, 9.17) is 15.2 Å². The van der Waals surface area contributed by atoms with E-state index in [2.05, 4.69) is 5.32 Å². The highest BCUT2D eigenvalue weighted by Crippen LogP contribution is 2.24. The van der Waals surface area contributed by atoms with Crippen molar-refractivity contribution in [2.24, 2.45) is 11.7 Å². The Bertz CT molecular complexity index is 576. The first-order valence-electron chi connectivity index (χ1n) is 7.58. The summed E-state index contributed by atoms with van der Waals surface area (Å²) in [6.45, 7) is 1.32. The molecule has 2 rings (SSSR count). The van der Waals surface area contributed by atoms with E-state index in [9.17, 15) is 9.59 Å². The molecule has 3 amide bonds. The first-order valence-corrected chi connectivity index (χ1v) is 7.58. The van der Waals surface area contributed by atoms with Gasteiger partial charge in [0, 0.05) is 25.2 Å². The lowest BCUT2D eigenvalue weighted by molar-refractivity contribution is -0.126. The molecular weight excluding hydrogens is 298 g/mol. The second kappa shape index (κ2) is 7.71. The van der Waals surface area contributed by atoms with Crippen molar-refractivity contribution < 1.29 is 19.1 Å². The summed E-state index contributed by atoms with van der Waals surface area (Å²) in [5.74, 6) is 1.08. The zero-order valence-electron chi connectivity index (χ0n) is 13.5. The van der Waals surface area contributed by atoms with Gasteiger partial charge in [-0.15, -0.1) is 0 Å². The zero-order valence-corrected chi connectivity index (χ0v) is 13.5. The van der Waals surface area contributed by atoms with Gasteiger partial charge < -0.3 is 25.4 Å². The summed E-state index contributed by atoms with van der Waals surface area (Å²) in [5, 5.41) is 2.90. The normalized spacial score (nSPS) is 17.5. The molecule has 1 saturated heterocycles. The van der Waals surface area contributed by atoms with Crippen LogP contribution in [-0.2, 0) is 11.3 Å². The minimum atomic E-state index is -0.475. The van der Waals surface area contributed by atoms with Crippen LogP contribution < -0.4 is 20.5 Å². The van der Waals surface area contributed by atoms with Crippen LogP contribution in [0, 0.1) is 5.92 Å². The number of primary amides is 1. The summed E-state index contributed by atoms with van der Waals surface area (Å²) in [6.07, 6.45) is 1.54. The fraction of sp³-hybridized carbons (Fsp3) is 0.500. The van der Waals surface area contributed by atoms with Gasteiger partial charge in [-0.2, -0.15) is 0 Å². The molecule has 1 aromatic carbocycles. The third kappa shape index (κ3) is 4.28. The molecule has 1 atom stereocenters. The van der Waals surface area contributed by atoms with E-state index in [1.54, 1.807) is 26.4 Å². The van der Waals surface area contributed by atoms with Crippen LogP contribution in [0.4, 0.5) is 4.79 Å². The molecule has 1 fully saturated rings. The number of ether oxygens (including phenoxy) is 2. The number of carbonyl (C=O) groups excluding carboxylic acids is 2. The number of rotatable bonds is 5. The van der Waals surface area contributed by atoms with Crippen molar-refractivity contribution in [1.29, 1.82) is 0 Å². The molecule has 0 saturated carbocycles. The summed E-state index contributed by atoms with van der Waals surface area (Å²) >= 11 is 0. The zero-order chi connectivity index (χ0) is 16.8. The van der Waals surface area contributed by atoms with Gasteiger partial charge in [-0.3, -0.25) is 4.79 Å². The fourth-order valence-corrected chi connectivity index (χ4v) is 2.74. The summed E-state index contributed by atoms with van der Waals surface area (Å²) in [4.78, 5) is 25.1. The molecular formula is C16H23N3O4. The third-order valence-corrected chi connectivity index (χ3v) is 4.04. The van der Waals surface area contributed by atoms with Crippen LogP contribution in [0.2, 0.25) is 0 Å². The number of nitrogens with zero attached hydrogens (tertiary/aromatic N) is 1. The van der Waals surface area contributed by atoms with Crippen molar-refractivity contribution in [3.63, 3.8) is 0 Å². The Morgan fingerprint density at radius 1 is 1.35 bits per heavy atom. The average Bonchev–Trinajstić information content (AvgIpc) is 2.59. The Hall–Kier alpha value is -2.44. The summed E-state index contributed by atoms with van der Waals surface area (Å²) in [5.41, 5.74) is 6.13. The molecule has 0 unspecified atom stereocenters. The van der Waals surface area contributed by atoms with Gasteiger partial charge in [0.25, 0.3) is 0 Å². The number of methoxy groups -OCH3 is 2. The second-order valence-electron chi connectivity index (χ2n) is 5.52. The highest BCUT2D eigenvalue weighted by atomic mass is 16.5. The molecule has 1 aliphatic rings. The maximum atomic E-state index is 12.3. The lowest BCUT2D eigenvalue weighted by Crippen LogP contribution is -2.47. The summed E-state index contributed by atoms with van der Waals surface area (Å²) in [6, 6.07) is 4.96. The predicted octanol–water partition coefficient (Wildman–Crippen LogP) is 1.11. The van der Waals surface area contributed by atoms with Crippen molar-refractivity contribution in [2.75, 3.05) is 27.3 Å². The SMILES string of the molecule is COc1ccc(OC)c(CNC(=O)[C@H]2CCCN(C(N)=O)C2)c1. The number of likely N-dealkylation sites (tertiary alicyclic amines) is 1. The van der Waals surface area contributed by atoms with Crippen LogP contribution in [0.5, 0.6) is 11.5 Å². The van der Waals surface area contributed by atoms with Crippen molar-refractivity contribution in [1.82, 2.24) is 10.2 Å². The van der Waals surface area contributed by atoms with Gasteiger partial charge in [0.1, 0.15) is 11.5 Å². The smallest absolute Gasteiger partial charge is 0.314 e. The van der Waals surface area contributed by atoms with E-state index in [0.717, 1.165) is 18.4 Å². The average molecular weight is 321 g/mol. The van der Waals surface area contributed by atoms with Crippen LogP contribution in [0.25, 0.3) is 0 Å². The third-order valence-electron chi connectivity index (χ3n) is 4.04. The number of benzene rings is 1. The molecule has 3 N–H and O–H groups in total. The van der Waals surface area contributed by atoms with E-state index in [1.165, 1.54) is 4.90 Å². The Labute approximate surface area is 135 Å². The van der Waals surface area contributed by atoms with Gasteiger partial charge in [-0.1, -0.05) is 0 Å². The van der Waals surface area contributed by atoms with Crippen molar-refractivity contribution in [3.8, 4) is 11.5 Å². The molecule has 0 aromatic heterocycles. The number of hydrogen-bond donors (Lipinski definition) is 2. The minimum Gasteiger partial charge on any atom is -0.497 e. The molecule has 23 heavy (non-hydrogen) atoms. The molecule has 1 aromatic rings. The van der Waals surface area contributed by atoms with Crippen LogP contribution in [0.3, 0.4) is 0 Å². The minimum absolute atomic E-state index is 0.0826. The number of nitrogens with two attached hydrogens (primary N) is 1. The first-order chi connectivity index (χ1) is 11.0. The van der Waals surface area contributed by atoms with E-state index in [0.29, 0.717) is 31.1 Å². The Morgan fingerprint density at radius 2 is 2.13 bits per heavy atom. The van der Waals surface area contributed by atoms with E-state index < -0.39 is 6.03 Å². The van der Waals surface area contributed by atoms with E-state index in [-0.39, 0.29) is 11.8 Å². The number of nitrogens with one attached hydrogen (secondary N) is 1. The van der Waals surface area contributed by atoms with Gasteiger partial charge in [0.2, 0.25) is 5.91 Å². The van der Waals surface area contributed by atoms with Gasteiger partial charge in [-0.05, 0) is 31.0 Å². The topological polar surface area (TPSA) is 93.9 Å². The van der Waals surface area contributed by atoms with Crippen LogP contribution in [0.15, 0.2) is 18.2 Å². The van der Waals surface area contributed by atoms with Gasteiger partial charge >= 0.3 is 6.03 Å². The lowest BCUT2D eigenvalue weighted by Gasteiger charge is -2.30. The lowest BCUT2D eigenvalue weighted by atomic mass is 9.97. The Morgan fingerprint density at radius 3 is 2.78 bits per heavy atom. The number of amides is 3. The summed E-state index contributed by atoms with van der Waals surface area (Å²) in [7, 11) is 3.17. The van der Waals surface area contributed by atoms with Gasteiger partial charge in [0.05, 0.1) is 20.1 Å². The largest absolute Gasteiger partial charge is 0.497 e. The molecule has 1 heterocycles. The molecule has 0 spiro atoms. The fourth-order valence-electron chi connectivity index (χ4n) is 2.74. The summed E-state index contributed by atoms with van der Waals surface area (Å²) < 4.78 is 10.5. The van der Waals surface area contributed by atoms with Gasteiger partial charge in [-0.25, -0.2) is 4.79 Å². The second-order valence-corrected chi connectivity index (χ2v) is 5.52. The maximum Gasteiger partial charge on any atom is 0.314 e. The quantitative estimate of drug-likeness (QED) is 0.849. The first kappa shape index (κ1) is 16.9. The predicted molar refractivity (Wildman–Crippen MR) is 85.3 cm³/mol. The number of piperidine rings is 1. The highest BCUT2D eigenvalue weighted by molar-refractivity contribution is 5.80.